The number of ether oxygens (including phenoxy) is 2. The summed E-state index contributed by atoms with van der Waals surface area (Å²) in [6.45, 7) is 7.20. The van der Waals surface area contributed by atoms with Crippen molar-refractivity contribution in [1.29, 1.82) is 0 Å². The Morgan fingerprint density at radius 1 is 0.914 bits per heavy atom. The summed E-state index contributed by atoms with van der Waals surface area (Å²) in [6.07, 6.45) is 10.6. The molecule has 1 saturated heterocycles. The van der Waals surface area contributed by atoms with E-state index in [0.717, 1.165) is 41.6 Å². The van der Waals surface area contributed by atoms with Crippen LogP contribution in [0.3, 0.4) is 0 Å². The summed E-state index contributed by atoms with van der Waals surface area (Å²) in [6, 6.07) is 7.47. The lowest BCUT2D eigenvalue weighted by Crippen LogP contribution is -2.44. The molecule has 1 heterocycles. The standard InChI is InChI=1S/C29H37NO5/c1-6-30-18-23(11-7-9-21-13-19(2)27(31)25(16-21)34-4)15-24(29(30)33)12-8-10-22-14-20(3)28(32)26(17-22)35-5/h7-10,13-14,16-17,23-24,31-32H,6,11-12,15,18H2,1-5H3. The second kappa shape index (κ2) is 11.8. The van der Waals surface area contributed by atoms with Crippen LogP contribution < -0.4 is 9.47 Å². The number of likely N-dealkylation sites (tertiary alicyclic amines) is 1. The van der Waals surface area contributed by atoms with Gasteiger partial charge in [-0.05, 0) is 92.5 Å². The van der Waals surface area contributed by atoms with Gasteiger partial charge in [0.15, 0.2) is 23.0 Å². The van der Waals surface area contributed by atoms with Gasteiger partial charge in [-0.2, -0.15) is 0 Å². The number of phenols is 2. The quantitative estimate of drug-likeness (QED) is 0.481. The summed E-state index contributed by atoms with van der Waals surface area (Å²) in [5.74, 6) is 1.80. The lowest BCUT2D eigenvalue weighted by atomic mass is 9.84. The number of hydrogen-bond donors (Lipinski definition) is 2. The van der Waals surface area contributed by atoms with Crippen LogP contribution in [-0.4, -0.2) is 48.3 Å². The van der Waals surface area contributed by atoms with Crippen LogP contribution >= 0.6 is 0 Å². The molecule has 1 amide bonds. The topological polar surface area (TPSA) is 79.2 Å². The van der Waals surface area contributed by atoms with Gasteiger partial charge in [-0.25, -0.2) is 0 Å². The van der Waals surface area contributed by atoms with Gasteiger partial charge in [-0.15, -0.1) is 0 Å². The predicted octanol–water partition coefficient (Wildman–Crippen LogP) is 5.72. The van der Waals surface area contributed by atoms with Crippen molar-refractivity contribution >= 4 is 18.1 Å². The molecule has 2 aromatic rings. The monoisotopic (exact) mass is 479 g/mol. The number of piperidine rings is 1. The number of benzene rings is 2. The molecule has 0 aromatic heterocycles. The highest BCUT2D eigenvalue weighted by Crippen LogP contribution is 2.33. The average molecular weight is 480 g/mol. The minimum atomic E-state index is -0.0468. The number of carbonyl (C=O) groups is 1. The highest BCUT2D eigenvalue weighted by molar-refractivity contribution is 5.80. The molecule has 1 fully saturated rings. The molecule has 2 unspecified atom stereocenters. The fourth-order valence-corrected chi connectivity index (χ4v) is 4.71. The third-order valence-electron chi connectivity index (χ3n) is 6.67. The molecule has 6 heteroatoms. The lowest BCUT2D eigenvalue weighted by molar-refractivity contribution is -0.139. The van der Waals surface area contributed by atoms with Gasteiger partial charge in [-0.3, -0.25) is 4.79 Å². The van der Waals surface area contributed by atoms with Crippen LogP contribution in [-0.2, 0) is 4.79 Å². The van der Waals surface area contributed by atoms with Crippen LogP contribution in [0.4, 0.5) is 0 Å². The third-order valence-corrected chi connectivity index (χ3v) is 6.67. The molecule has 0 aliphatic carbocycles. The van der Waals surface area contributed by atoms with Gasteiger partial charge in [0.2, 0.25) is 5.91 Å². The van der Waals surface area contributed by atoms with Gasteiger partial charge in [0, 0.05) is 19.0 Å². The van der Waals surface area contributed by atoms with Gasteiger partial charge < -0.3 is 24.6 Å². The Hall–Kier alpha value is -3.41. The molecule has 188 valence electrons. The second-order valence-electron chi connectivity index (χ2n) is 9.23. The number of methoxy groups -OCH3 is 2. The Bertz CT molecular complexity index is 1100. The molecule has 1 aliphatic heterocycles. The number of carbonyl (C=O) groups excluding carboxylic acids is 1. The normalized spacial score (nSPS) is 18.5. The molecule has 2 aromatic carbocycles. The third kappa shape index (κ3) is 6.38. The number of nitrogens with zero attached hydrogens (tertiary/aromatic N) is 1. The van der Waals surface area contributed by atoms with Gasteiger partial charge in [0.1, 0.15) is 0 Å². The summed E-state index contributed by atoms with van der Waals surface area (Å²) < 4.78 is 10.5. The zero-order valence-corrected chi connectivity index (χ0v) is 21.4. The number of allylic oxidation sites excluding steroid dienone is 2. The molecule has 2 N–H and O–H groups in total. The Kier molecular flexibility index (Phi) is 8.85. The van der Waals surface area contributed by atoms with Crippen molar-refractivity contribution in [2.75, 3.05) is 27.3 Å². The van der Waals surface area contributed by atoms with Crippen molar-refractivity contribution < 1.29 is 24.5 Å². The number of aromatic hydroxyl groups is 2. The fourth-order valence-electron chi connectivity index (χ4n) is 4.71. The number of hydrogen-bond acceptors (Lipinski definition) is 5. The number of amides is 1. The van der Waals surface area contributed by atoms with E-state index >= 15 is 0 Å². The smallest absolute Gasteiger partial charge is 0.226 e. The zero-order chi connectivity index (χ0) is 25.5. The highest BCUT2D eigenvalue weighted by atomic mass is 16.5. The van der Waals surface area contributed by atoms with Gasteiger partial charge in [0.25, 0.3) is 0 Å². The van der Waals surface area contributed by atoms with Crippen molar-refractivity contribution in [1.82, 2.24) is 4.90 Å². The predicted molar refractivity (Wildman–Crippen MR) is 140 cm³/mol. The number of phenolic OH excluding ortho intramolecular Hbond substituents is 2. The molecular weight excluding hydrogens is 442 g/mol. The molecule has 0 spiro atoms. The maximum Gasteiger partial charge on any atom is 0.226 e. The van der Waals surface area contributed by atoms with Crippen LogP contribution in [0.25, 0.3) is 12.2 Å². The van der Waals surface area contributed by atoms with E-state index in [9.17, 15) is 15.0 Å². The molecule has 2 atom stereocenters. The molecule has 6 nitrogen and oxygen atoms in total. The summed E-state index contributed by atoms with van der Waals surface area (Å²) in [4.78, 5) is 14.9. The maximum atomic E-state index is 13.0. The Labute approximate surface area is 208 Å². The van der Waals surface area contributed by atoms with Crippen LogP contribution in [0.15, 0.2) is 36.4 Å². The minimum absolute atomic E-state index is 0.0468. The minimum Gasteiger partial charge on any atom is -0.504 e. The Balaban J connectivity index is 1.66. The average Bonchev–Trinajstić information content (AvgIpc) is 2.84. The molecular formula is C29H37NO5. The zero-order valence-electron chi connectivity index (χ0n) is 21.4. The molecule has 1 aliphatic rings. The van der Waals surface area contributed by atoms with Crippen molar-refractivity contribution in [2.24, 2.45) is 11.8 Å². The van der Waals surface area contributed by atoms with E-state index in [2.05, 4.69) is 12.2 Å². The van der Waals surface area contributed by atoms with Crippen LogP contribution in [0, 0.1) is 25.7 Å². The second-order valence-corrected chi connectivity index (χ2v) is 9.23. The Morgan fingerprint density at radius 2 is 1.43 bits per heavy atom. The van der Waals surface area contributed by atoms with Gasteiger partial charge >= 0.3 is 0 Å². The SMILES string of the molecule is CCN1CC(CC=Cc2cc(C)c(O)c(OC)c2)CC(CC=Cc2cc(C)c(O)c(OC)c2)C1=O. The van der Waals surface area contributed by atoms with E-state index in [1.165, 1.54) is 7.11 Å². The summed E-state index contributed by atoms with van der Waals surface area (Å²) in [5.41, 5.74) is 3.45. The van der Waals surface area contributed by atoms with E-state index in [-0.39, 0.29) is 23.3 Å². The lowest BCUT2D eigenvalue weighted by Gasteiger charge is -2.36. The summed E-state index contributed by atoms with van der Waals surface area (Å²) in [5, 5.41) is 20.1. The molecule has 3 rings (SSSR count). The molecule has 0 saturated carbocycles. The van der Waals surface area contributed by atoms with E-state index in [1.807, 2.05) is 56.0 Å². The van der Waals surface area contributed by atoms with Crippen molar-refractivity contribution in [3.8, 4) is 23.0 Å². The first kappa shape index (κ1) is 26.2. The molecule has 0 radical (unpaired) electrons. The summed E-state index contributed by atoms with van der Waals surface area (Å²) in [7, 11) is 3.09. The van der Waals surface area contributed by atoms with E-state index in [0.29, 0.717) is 30.4 Å². The van der Waals surface area contributed by atoms with E-state index < -0.39 is 0 Å². The van der Waals surface area contributed by atoms with E-state index in [1.54, 1.807) is 13.2 Å². The van der Waals surface area contributed by atoms with Crippen molar-refractivity contribution in [3.05, 3.63) is 58.7 Å². The maximum absolute atomic E-state index is 13.0. The van der Waals surface area contributed by atoms with Crippen molar-refractivity contribution in [2.45, 2.75) is 40.0 Å². The largest absolute Gasteiger partial charge is 0.504 e. The number of rotatable bonds is 9. The van der Waals surface area contributed by atoms with Gasteiger partial charge in [-0.1, -0.05) is 24.3 Å². The van der Waals surface area contributed by atoms with Crippen molar-refractivity contribution in [3.63, 3.8) is 0 Å². The van der Waals surface area contributed by atoms with Crippen LogP contribution in [0.5, 0.6) is 23.0 Å². The van der Waals surface area contributed by atoms with Crippen LogP contribution in [0.2, 0.25) is 0 Å². The van der Waals surface area contributed by atoms with Gasteiger partial charge in [0.05, 0.1) is 14.2 Å². The molecule has 0 bridgehead atoms. The first-order chi connectivity index (χ1) is 16.8. The first-order valence-electron chi connectivity index (χ1n) is 12.1. The first-order valence-corrected chi connectivity index (χ1v) is 12.1. The highest BCUT2D eigenvalue weighted by Gasteiger charge is 2.32. The summed E-state index contributed by atoms with van der Waals surface area (Å²) >= 11 is 0. The van der Waals surface area contributed by atoms with E-state index in [4.69, 9.17) is 9.47 Å². The Morgan fingerprint density at radius 3 is 1.91 bits per heavy atom. The van der Waals surface area contributed by atoms with Crippen LogP contribution in [0.1, 0.15) is 48.4 Å². The fraction of sp³-hybridized carbons (Fsp3) is 0.414. The number of aryl methyl sites for hydroxylation is 2. The molecule has 35 heavy (non-hydrogen) atoms.